The fourth-order valence-electron chi connectivity index (χ4n) is 1.39. The predicted molar refractivity (Wildman–Crippen MR) is 73.3 cm³/mol. The van der Waals surface area contributed by atoms with Crippen molar-refractivity contribution in [3.63, 3.8) is 0 Å². The van der Waals surface area contributed by atoms with Crippen LogP contribution in [0.4, 0.5) is 5.69 Å². The first-order valence-electron chi connectivity index (χ1n) is 6.11. The first-order valence-corrected chi connectivity index (χ1v) is 6.11. The number of aliphatic imine (C=N–C) groups is 1. The third-order valence-electron chi connectivity index (χ3n) is 2.41. The van der Waals surface area contributed by atoms with E-state index >= 15 is 0 Å². The van der Waals surface area contributed by atoms with E-state index in [1.807, 2.05) is 13.8 Å². The number of phenolic OH excluding ortho intramolecular Hbond substituents is 2. The Bertz CT molecular complexity index is 492. The fourth-order valence-corrected chi connectivity index (χ4v) is 1.39. The van der Waals surface area contributed by atoms with Crippen LogP contribution in [-0.4, -0.2) is 28.5 Å². The molecule has 1 rings (SSSR count). The molecule has 0 unspecified atom stereocenters. The number of Topliss-reactive ketones (excluding diaryl/α,β-unsaturated/α-hetero) is 1. The summed E-state index contributed by atoms with van der Waals surface area (Å²) in [6.45, 7) is 7.13. The van der Waals surface area contributed by atoms with Gasteiger partial charge in [0.15, 0.2) is 12.2 Å². The third-order valence-corrected chi connectivity index (χ3v) is 2.41. The number of benzene rings is 1. The minimum absolute atomic E-state index is 0.0266. The molecule has 0 fully saturated rings. The summed E-state index contributed by atoms with van der Waals surface area (Å²) in [4.78, 5) is 15.7. The summed E-state index contributed by atoms with van der Waals surface area (Å²) >= 11 is 0. The minimum atomic E-state index is -0.260. The monoisotopic (exact) mass is 265 g/mol. The third kappa shape index (κ3) is 3.98. The van der Waals surface area contributed by atoms with E-state index in [0.29, 0.717) is 0 Å². The van der Waals surface area contributed by atoms with E-state index in [1.165, 1.54) is 18.5 Å². The molecule has 19 heavy (non-hydrogen) atoms. The van der Waals surface area contributed by atoms with Crippen LogP contribution in [0.5, 0.6) is 11.5 Å². The van der Waals surface area contributed by atoms with Crippen molar-refractivity contribution in [2.75, 3.05) is 0 Å². The maximum Gasteiger partial charge on any atom is 0.175 e. The van der Waals surface area contributed by atoms with Gasteiger partial charge in [0.05, 0.1) is 11.7 Å². The number of ether oxygens (including phenoxy) is 1. The molecule has 5 nitrogen and oxygen atoms in total. The number of hydrogen-bond acceptors (Lipinski definition) is 5. The van der Waals surface area contributed by atoms with Crippen molar-refractivity contribution in [2.24, 2.45) is 10.9 Å². The lowest BCUT2D eigenvalue weighted by Crippen LogP contribution is -2.07. The van der Waals surface area contributed by atoms with Crippen LogP contribution >= 0.6 is 0 Å². The summed E-state index contributed by atoms with van der Waals surface area (Å²) in [5.41, 5.74) is 0.245. The molecular formula is C14H19NO4. The number of carbonyl (C=O) groups is 1. The molecule has 0 saturated heterocycles. The Morgan fingerprint density at radius 3 is 2.37 bits per heavy atom. The molecule has 0 heterocycles. The summed E-state index contributed by atoms with van der Waals surface area (Å²) in [6, 6.07) is 2.46. The second-order valence-corrected chi connectivity index (χ2v) is 4.80. The molecule has 0 atom stereocenters. The Morgan fingerprint density at radius 1 is 1.21 bits per heavy atom. The lowest BCUT2D eigenvalue weighted by atomic mass is 9.99. The topological polar surface area (TPSA) is 79.1 Å². The van der Waals surface area contributed by atoms with Crippen molar-refractivity contribution in [1.82, 2.24) is 0 Å². The molecule has 1 aromatic carbocycles. The quantitative estimate of drug-likeness (QED) is 0.371. The Labute approximate surface area is 112 Å². The van der Waals surface area contributed by atoms with Crippen molar-refractivity contribution in [2.45, 2.75) is 33.8 Å². The highest BCUT2D eigenvalue weighted by atomic mass is 16.5. The molecule has 0 aliphatic carbocycles. The smallest absolute Gasteiger partial charge is 0.175 e. The van der Waals surface area contributed by atoms with Crippen molar-refractivity contribution in [3.8, 4) is 11.5 Å². The lowest BCUT2D eigenvalue weighted by Gasteiger charge is -2.09. The number of ketones is 1. The van der Waals surface area contributed by atoms with Crippen LogP contribution < -0.4 is 0 Å². The molecule has 2 N–H and O–H groups in total. The number of aromatic hydroxyl groups is 2. The van der Waals surface area contributed by atoms with E-state index < -0.39 is 0 Å². The minimum Gasteiger partial charge on any atom is -0.507 e. The van der Waals surface area contributed by atoms with Crippen LogP contribution in [0.3, 0.4) is 0 Å². The average Bonchev–Trinajstić information content (AvgIpc) is 2.31. The molecule has 0 spiro atoms. The first-order chi connectivity index (χ1) is 8.82. The van der Waals surface area contributed by atoms with Crippen molar-refractivity contribution in [3.05, 3.63) is 17.7 Å². The molecule has 0 radical (unpaired) electrons. The van der Waals surface area contributed by atoms with E-state index in [1.54, 1.807) is 13.8 Å². The normalized spacial score (nSPS) is 11.5. The largest absolute Gasteiger partial charge is 0.507 e. The van der Waals surface area contributed by atoms with E-state index in [9.17, 15) is 15.0 Å². The Balaban J connectivity index is 3.03. The van der Waals surface area contributed by atoms with Gasteiger partial charge in [-0.1, -0.05) is 13.8 Å². The van der Waals surface area contributed by atoms with Crippen LogP contribution in [0.25, 0.3) is 0 Å². The summed E-state index contributed by atoms with van der Waals surface area (Å²) in [5.74, 6) is -0.871. The van der Waals surface area contributed by atoms with E-state index in [0.717, 1.165) is 0 Å². The van der Waals surface area contributed by atoms with Crippen molar-refractivity contribution < 1.29 is 19.7 Å². The van der Waals surface area contributed by atoms with Gasteiger partial charge in [-0.25, -0.2) is 4.99 Å². The van der Waals surface area contributed by atoms with Crippen LogP contribution in [0.1, 0.15) is 38.1 Å². The number of carbonyl (C=O) groups excluding carboxylic acids is 1. The molecule has 0 saturated carbocycles. The van der Waals surface area contributed by atoms with Gasteiger partial charge in [0, 0.05) is 12.0 Å². The van der Waals surface area contributed by atoms with Crippen molar-refractivity contribution in [1.29, 1.82) is 0 Å². The SMILES string of the molecule is CC(C)OC=Nc1cc(O)c(C(=O)C(C)C)cc1O. The number of hydrogen-bond donors (Lipinski definition) is 2. The first kappa shape index (κ1) is 15.0. The van der Waals surface area contributed by atoms with Crippen LogP contribution in [0.2, 0.25) is 0 Å². The summed E-state index contributed by atoms with van der Waals surface area (Å²) < 4.78 is 5.11. The van der Waals surface area contributed by atoms with E-state index in [2.05, 4.69) is 4.99 Å². The van der Waals surface area contributed by atoms with Gasteiger partial charge in [-0.05, 0) is 19.9 Å². The van der Waals surface area contributed by atoms with Gasteiger partial charge in [-0.2, -0.15) is 0 Å². The van der Waals surface area contributed by atoms with Crippen LogP contribution in [0, 0.1) is 5.92 Å². The zero-order valence-corrected chi connectivity index (χ0v) is 11.5. The number of phenols is 2. The van der Waals surface area contributed by atoms with Gasteiger partial charge in [-0.15, -0.1) is 0 Å². The fraction of sp³-hybridized carbons (Fsp3) is 0.429. The second kappa shape index (κ2) is 6.22. The van der Waals surface area contributed by atoms with Gasteiger partial charge in [-0.3, -0.25) is 4.79 Å². The van der Waals surface area contributed by atoms with Gasteiger partial charge in [0.2, 0.25) is 0 Å². The van der Waals surface area contributed by atoms with Gasteiger partial charge < -0.3 is 14.9 Å². The molecule has 5 heteroatoms. The second-order valence-electron chi connectivity index (χ2n) is 4.80. The van der Waals surface area contributed by atoms with Crippen LogP contribution in [0.15, 0.2) is 17.1 Å². The maximum absolute atomic E-state index is 11.8. The molecule has 0 aliphatic heterocycles. The van der Waals surface area contributed by atoms with Gasteiger partial charge in [0.1, 0.15) is 17.2 Å². The number of rotatable bonds is 5. The molecule has 0 aromatic heterocycles. The standard InChI is InChI=1S/C14H19NO4/c1-8(2)14(18)10-5-13(17)11(6-12(10)16)15-7-19-9(3)4/h5-9,16-17H,1-4H3. The van der Waals surface area contributed by atoms with Gasteiger partial charge in [0.25, 0.3) is 0 Å². The molecule has 104 valence electrons. The zero-order valence-electron chi connectivity index (χ0n) is 11.5. The predicted octanol–water partition coefficient (Wildman–Crippen LogP) is 3.02. The number of nitrogens with zero attached hydrogens (tertiary/aromatic N) is 1. The average molecular weight is 265 g/mol. The Kier molecular flexibility index (Phi) is 4.92. The molecule has 0 amide bonds. The Hall–Kier alpha value is -2.04. The maximum atomic E-state index is 11.8. The highest BCUT2D eigenvalue weighted by molar-refractivity contribution is 6.00. The highest BCUT2D eigenvalue weighted by Crippen LogP contribution is 2.34. The Morgan fingerprint density at radius 2 is 1.84 bits per heavy atom. The molecule has 1 aromatic rings. The van der Waals surface area contributed by atoms with Crippen LogP contribution in [-0.2, 0) is 4.74 Å². The molecular weight excluding hydrogens is 246 g/mol. The van der Waals surface area contributed by atoms with Crippen molar-refractivity contribution >= 4 is 17.9 Å². The van der Waals surface area contributed by atoms with Gasteiger partial charge >= 0.3 is 0 Å². The summed E-state index contributed by atoms with van der Waals surface area (Å²) in [5, 5.41) is 19.6. The molecule has 0 bridgehead atoms. The van der Waals surface area contributed by atoms with E-state index in [-0.39, 0.29) is 40.6 Å². The lowest BCUT2D eigenvalue weighted by molar-refractivity contribution is 0.0936. The van der Waals surface area contributed by atoms with E-state index in [4.69, 9.17) is 4.74 Å². The highest BCUT2D eigenvalue weighted by Gasteiger charge is 2.17. The summed E-state index contributed by atoms with van der Waals surface area (Å²) in [7, 11) is 0. The zero-order chi connectivity index (χ0) is 14.6. The molecule has 0 aliphatic rings. The summed E-state index contributed by atoms with van der Waals surface area (Å²) in [6.07, 6.45) is 1.17.